The Labute approximate surface area is 57.5 Å². The first kappa shape index (κ1) is 7.90. The van der Waals surface area contributed by atoms with Crippen LogP contribution in [0.15, 0.2) is 0 Å². The van der Waals surface area contributed by atoms with E-state index in [1.54, 1.807) is 0 Å². The molecule has 1 heterocycles. The summed E-state index contributed by atoms with van der Waals surface area (Å²) in [7, 11) is 0. The largest absolute Gasteiger partial charge is 0.394 e. The third-order valence-electron chi connectivity index (χ3n) is 1.52. The summed E-state index contributed by atoms with van der Waals surface area (Å²) in [4.78, 5) is 0. The average molecular weight is 150 g/mol. The highest BCUT2D eigenvalue weighted by molar-refractivity contribution is 4.84. The highest BCUT2D eigenvalue weighted by Gasteiger charge is 2.41. The zero-order valence-electron chi connectivity index (χ0n) is 5.21. The summed E-state index contributed by atoms with van der Waals surface area (Å²) in [6, 6.07) is 0. The van der Waals surface area contributed by atoms with Crippen molar-refractivity contribution in [1.82, 2.24) is 0 Å². The molecule has 0 aliphatic carbocycles. The van der Waals surface area contributed by atoms with Crippen LogP contribution >= 0.6 is 0 Å². The van der Waals surface area contributed by atoms with E-state index in [9.17, 15) is 0 Å². The Bertz CT molecular complexity index is 117. The average Bonchev–Trinajstić information content (AvgIpc) is 2.17. The van der Waals surface area contributed by atoms with Crippen molar-refractivity contribution in [2.75, 3.05) is 6.61 Å². The van der Waals surface area contributed by atoms with Crippen molar-refractivity contribution in [2.24, 2.45) is 0 Å². The van der Waals surface area contributed by atoms with Gasteiger partial charge >= 0.3 is 0 Å². The molecule has 0 aromatic heterocycles. The topological polar surface area (TPSA) is 90.2 Å². The molecule has 1 aliphatic heterocycles. The minimum absolute atomic E-state index is 0.407. The minimum atomic E-state index is -1.38. The lowest BCUT2D eigenvalue weighted by Crippen LogP contribution is -2.33. The van der Waals surface area contributed by atoms with Crippen LogP contribution in [0.2, 0.25) is 0 Å². The van der Waals surface area contributed by atoms with Gasteiger partial charge in [0.2, 0.25) is 0 Å². The van der Waals surface area contributed by atoms with Crippen LogP contribution in [0.5, 0.6) is 0 Å². The molecule has 0 aromatic carbocycles. The normalized spacial score (nSPS) is 48.0. The molecular formula is C5H10O5. The van der Waals surface area contributed by atoms with Gasteiger partial charge in [-0.1, -0.05) is 0 Å². The van der Waals surface area contributed by atoms with Gasteiger partial charge in [0.25, 0.3) is 0 Å². The van der Waals surface area contributed by atoms with E-state index >= 15 is 0 Å². The maximum absolute atomic E-state index is 8.93. The van der Waals surface area contributed by atoms with Gasteiger partial charge in [0, 0.05) is 0 Å². The number of hydrogen-bond acceptors (Lipinski definition) is 5. The molecule has 60 valence electrons. The van der Waals surface area contributed by atoms with Crippen LogP contribution in [-0.2, 0) is 4.74 Å². The second-order valence-corrected chi connectivity index (χ2v) is 2.23. The van der Waals surface area contributed by atoms with Crippen LogP contribution < -0.4 is 0 Å². The highest BCUT2D eigenvalue weighted by atomic mass is 16.6. The van der Waals surface area contributed by atoms with Crippen molar-refractivity contribution in [1.29, 1.82) is 0 Å². The Morgan fingerprint density at radius 2 is 1.70 bits per heavy atom. The van der Waals surface area contributed by atoms with Gasteiger partial charge in [-0.2, -0.15) is 0 Å². The van der Waals surface area contributed by atoms with Gasteiger partial charge in [-0.05, 0) is 0 Å². The van der Waals surface area contributed by atoms with Gasteiger partial charge in [-0.25, -0.2) is 0 Å². The summed E-state index contributed by atoms with van der Waals surface area (Å²) < 4.78 is 4.54. The molecule has 5 heteroatoms. The van der Waals surface area contributed by atoms with Gasteiger partial charge in [-0.3, -0.25) is 0 Å². The zero-order valence-corrected chi connectivity index (χ0v) is 5.21. The van der Waals surface area contributed by atoms with E-state index in [4.69, 9.17) is 20.4 Å². The van der Waals surface area contributed by atoms with Crippen molar-refractivity contribution in [3.05, 3.63) is 0 Å². The molecule has 0 radical (unpaired) electrons. The molecule has 0 amide bonds. The van der Waals surface area contributed by atoms with Crippen molar-refractivity contribution < 1.29 is 25.2 Å². The van der Waals surface area contributed by atoms with Crippen molar-refractivity contribution in [3.63, 3.8) is 0 Å². The van der Waals surface area contributed by atoms with Crippen LogP contribution in [0.1, 0.15) is 0 Å². The fourth-order valence-corrected chi connectivity index (χ4v) is 0.880. The molecule has 0 spiro atoms. The number of aliphatic hydroxyl groups is 4. The predicted octanol–water partition coefficient (Wildman–Crippen LogP) is -2.58. The van der Waals surface area contributed by atoms with E-state index in [1.165, 1.54) is 0 Å². The van der Waals surface area contributed by atoms with E-state index < -0.39 is 31.2 Å². The molecule has 0 bridgehead atoms. The lowest BCUT2D eigenvalue weighted by molar-refractivity contribution is -0.132. The summed E-state index contributed by atoms with van der Waals surface area (Å²) in [5, 5.41) is 35.0. The smallest absolute Gasteiger partial charge is 0.184 e. The van der Waals surface area contributed by atoms with Crippen molar-refractivity contribution in [3.8, 4) is 0 Å². The molecule has 1 unspecified atom stereocenters. The monoisotopic (exact) mass is 150 g/mol. The first-order valence-electron chi connectivity index (χ1n) is 2.97. The Morgan fingerprint density at radius 3 is 1.90 bits per heavy atom. The van der Waals surface area contributed by atoms with Crippen LogP contribution in [0.25, 0.3) is 0 Å². The van der Waals surface area contributed by atoms with E-state index in [0.717, 1.165) is 0 Å². The Kier molecular flexibility index (Phi) is 2.22. The molecular weight excluding hydrogens is 140 g/mol. The van der Waals surface area contributed by atoms with Gasteiger partial charge in [0.05, 0.1) is 6.61 Å². The highest BCUT2D eigenvalue weighted by Crippen LogP contribution is 2.18. The lowest BCUT2D eigenvalue weighted by Gasteiger charge is -2.09. The Balaban J connectivity index is 2.53. The van der Waals surface area contributed by atoms with E-state index in [-0.39, 0.29) is 0 Å². The maximum atomic E-state index is 8.93. The molecule has 1 aliphatic rings. The first-order chi connectivity index (χ1) is 4.66. The van der Waals surface area contributed by atoms with Crippen molar-refractivity contribution in [2.45, 2.75) is 24.6 Å². The standard InChI is InChI=1S/C5H10O5/c6-1-2-3(7)4(8)5(9)10-2/h2-9H,1H2/t2?,3-,4+,5-/m0/s1. The molecule has 10 heavy (non-hydrogen) atoms. The lowest BCUT2D eigenvalue weighted by atomic mass is 10.1. The Morgan fingerprint density at radius 1 is 1.10 bits per heavy atom. The van der Waals surface area contributed by atoms with E-state index in [0.29, 0.717) is 0 Å². The van der Waals surface area contributed by atoms with Gasteiger partial charge in [0.1, 0.15) is 18.3 Å². The fourth-order valence-electron chi connectivity index (χ4n) is 0.880. The molecule has 4 N–H and O–H groups in total. The van der Waals surface area contributed by atoms with Crippen molar-refractivity contribution >= 4 is 0 Å². The zero-order chi connectivity index (χ0) is 7.72. The second kappa shape index (κ2) is 2.81. The number of rotatable bonds is 1. The third kappa shape index (κ3) is 1.14. The SMILES string of the molecule is OCC1O[C@H](O)[C@H](O)[C@H]1O. The molecule has 0 saturated carbocycles. The molecule has 5 nitrogen and oxygen atoms in total. The molecule has 1 fully saturated rings. The van der Waals surface area contributed by atoms with Gasteiger partial charge in [0.15, 0.2) is 6.29 Å². The fraction of sp³-hybridized carbons (Fsp3) is 1.00. The summed E-state index contributed by atoms with van der Waals surface area (Å²) in [6.45, 7) is -0.407. The predicted molar refractivity (Wildman–Crippen MR) is 30.0 cm³/mol. The minimum Gasteiger partial charge on any atom is -0.394 e. The summed E-state index contributed by atoms with van der Waals surface area (Å²) in [5.41, 5.74) is 0. The number of ether oxygens (including phenoxy) is 1. The summed E-state index contributed by atoms with van der Waals surface area (Å²) in [6.07, 6.45) is -4.76. The summed E-state index contributed by atoms with van der Waals surface area (Å²) >= 11 is 0. The maximum Gasteiger partial charge on any atom is 0.184 e. The molecule has 1 rings (SSSR count). The van der Waals surface area contributed by atoms with Gasteiger partial charge < -0.3 is 25.2 Å². The summed E-state index contributed by atoms with van der Waals surface area (Å²) in [5.74, 6) is 0. The first-order valence-corrected chi connectivity index (χ1v) is 2.97. The second-order valence-electron chi connectivity index (χ2n) is 2.23. The van der Waals surface area contributed by atoms with Crippen LogP contribution in [-0.4, -0.2) is 51.6 Å². The van der Waals surface area contributed by atoms with Crippen LogP contribution in [0.3, 0.4) is 0 Å². The molecule has 4 atom stereocenters. The number of aliphatic hydroxyl groups excluding tert-OH is 4. The Hall–Kier alpha value is -0.200. The van der Waals surface area contributed by atoms with Gasteiger partial charge in [-0.15, -0.1) is 0 Å². The quantitative estimate of drug-likeness (QED) is 0.329. The molecule has 0 aromatic rings. The van der Waals surface area contributed by atoms with Crippen LogP contribution in [0.4, 0.5) is 0 Å². The molecule has 1 saturated heterocycles. The number of hydrogen-bond donors (Lipinski definition) is 4. The van der Waals surface area contributed by atoms with Crippen LogP contribution in [0, 0.1) is 0 Å². The van der Waals surface area contributed by atoms with E-state index in [1.807, 2.05) is 0 Å². The van der Waals surface area contributed by atoms with E-state index in [2.05, 4.69) is 4.74 Å². The third-order valence-corrected chi connectivity index (χ3v) is 1.52.